The Morgan fingerprint density at radius 1 is 0.257 bits per heavy atom. The number of aryl methyl sites for hydroxylation is 2. The van der Waals surface area contributed by atoms with Crippen LogP contribution in [0.3, 0.4) is 0 Å². The molecule has 12 aromatic carbocycles. The molecule has 0 bridgehead atoms. The number of hydrogen-bond acceptors (Lipinski definition) is 4. The molecule has 0 N–H and O–H groups in total. The van der Waals surface area contributed by atoms with E-state index >= 15 is 0 Å². The summed E-state index contributed by atoms with van der Waals surface area (Å²) in [7, 11) is -10.9. The van der Waals surface area contributed by atoms with Crippen LogP contribution < -0.4 is 36.0 Å². The van der Waals surface area contributed by atoms with Crippen molar-refractivity contribution in [2.75, 3.05) is 19.6 Å². The Morgan fingerprint density at radius 2 is 0.600 bits per heavy atom. The molecule has 0 aromatic heterocycles. The molecule has 780 valence electrons. The van der Waals surface area contributed by atoms with Gasteiger partial charge in [0, 0.05) is 67.7 Å². The summed E-state index contributed by atoms with van der Waals surface area (Å²) in [5, 5.41) is 0. The summed E-state index contributed by atoms with van der Waals surface area (Å²) in [4.78, 5) is 10.5. The van der Waals surface area contributed by atoms with Crippen molar-refractivity contribution >= 4 is 674 Å². The molecule has 140 heavy (non-hydrogen) atoms. The van der Waals surface area contributed by atoms with Gasteiger partial charge in [-0.05, 0) is 215 Å². The zero-order valence-electron chi connectivity index (χ0n) is 72.3. The molecule has 2 fully saturated rings. The summed E-state index contributed by atoms with van der Waals surface area (Å²) in [5.41, 5.74) is 32.7. The molecule has 49 heteroatoms. The molecule has 4 atom stereocenters. The van der Waals surface area contributed by atoms with Crippen molar-refractivity contribution in [1.82, 2.24) is 0 Å². The second kappa shape index (κ2) is 63.9. The second-order valence-electron chi connectivity index (χ2n) is 32.2. The third kappa shape index (κ3) is 31.6. The van der Waals surface area contributed by atoms with Gasteiger partial charge in [0.15, 0.2) is 0 Å². The Kier molecular flexibility index (Phi) is 61.9. The number of rotatable bonds is 29. The van der Waals surface area contributed by atoms with Gasteiger partial charge in [0.1, 0.15) is 0 Å². The van der Waals surface area contributed by atoms with E-state index in [2.05, 4.69) is 774 Å². The van der Waals surface area contributed by atoms with Crippen LogP contribution in [0.25, 0.3) is 44.5 Å². The van der Waals surface area contributed by atoms with E-state index in [0.717, 1.165) is 11.4 Å². The molecule has 4 unspecified atom stereocenters. The number of para-hydroxylation sites is 2. The summed E-state index contributed by atoms with van der Waals surface area (Å²) < 4.78 is 0. The molecule has 0 spiro atoms. The normalized spacial score (nSPS) is 19.9. The van der Waals surface area contributed by atoms with Crippen LogP contribution in [0, 0.1) is 13.8 Å². The molecule has 18 rings (SSSR count). The van der Waals surface area contributed by atoms with E-state index in [-0.39, 0.29) is 36.0 Å². The minimum atomic E-state index is -0.557. The van der Waals surface area contributed by atoms with E-state index in [1.54, 1.807) is 5.56 Å². The molecular weight excluding hydrogens is 6740 g/mol. The predicted octanol–water partition coefficient (Wildman–Crippen LogP) is 61.8. The fourth-order valence-electron chi connectivity index (χ4n) is 19.0. The SMILES string of the molecule is C.Cc1cc(N(c2cccc(-c3ccccc3)c2)c2cccc(-c3ccccc3)c2)cc(N2c3ccccc3C3(C)CCCCC23C)c1.Cc1cc2c3c(c1)N1c4c(cccc4C4(C)CCCCC14C)B3c1ccc(-c3ccccc3)cc1N2c1cccc(-c2ccccc2)c1.II(I)I(I)I(I)I(I)I(I)I(I)I(I)I(I)I(I)I(I)I(I)I(I)I(I)I(I)I(I)I(I)I(I)I(I)I(I)I(I)I(I)I. The average Bonchev–Trinajstić information content (AvgIpc) is 1.49. The van der Waals surface area contributed by atoms with Crippen LogP contribution in [0.2, 0.25) is 0 Å². The molecule has 4 heterocycles. The van der Waals surface area contributed by atoms with Gasteiger partial charge in [-0.25, -0.2) is 0 Å². The van der Waals surface area contributed by atoms with Crippen molar-refractivity contribution in [3.05, 3.63) is 307 Å². The van der Waals surface area contributed by atoms with E-state index < -0.39 is 166 Å². The standard InChI is InChI=1S/C45H39BN2.C45H42N2.CH4.I44/c1-30-26-40-42-41(27-30)48-43-36(44(2)24-10-11-25-45(44,48)3)20-13-21-38(43)46(42)37-23-22-34(32-16-8-5-9-17-32)29-39(37)47(40)35-19-12-18-33(28-35)31-14-6-4-7-15-31;1-33-28-40(32-41(29-33)47-43-25-11-10-24-42(43)44(2)26-12-13-27-45(44,47)3)46(38-22-14-20-36(30-38)34-16-6-4-7-17-34)39-23-15-21-37(31-39)35-18-8-5-9-19-35;;1-24(2)26(5)28(7)30(9)32(11)34(13)36(15)38(17)40(19)42(21)44(23)43(22)41(20)39(18)37(16)35(14)33(12)31(10)29(8)27(6)25(3)4/h4-9,12-23,26-29H,10-11,24-25H2,1-3H3;4-11,14-25,28-32H,12-13,26-27H2,1-3H3;1H4;. The Morgan fingerprint density at radius 3 is 1.04 bits per heavy atom. The topological polar surface area (TPSA) is 13.0 Å². The number of halogens is 44. The third-order valence-electron chi connectivity index (χ3n) is 25.1. The van der Waals surface area contributed by atoms with Gasteiger partial charge in [-0.15, -0.1) is 0 Å². The Hall–Kier alpha value is 22.0. The predicted molar refractivity (Wildman–Crippen MR) is 1030 cm³/mol. The van der Waals surface area contributed by atoms with Gasteiger partial charge in [-0.1, -0.05) is 253 Å². The molecule has 4 nitrogen and oxygen atoms in total. The van der Waals surface area contributed by atoms with Crippen LogP contribution in [-0.2, 0) is 10.8 Å². The number of hydrogen-bond donors (Lipinski definition) is 0. The van der Waals surface area contributed by atoms with Gasteiger partial charge < -0.3 is 19.6 Å². The second-order valence-corrected chi connectivity index (χ2v) is 1060. The van der Waals surface area contributed by atoms with Gasteiger partial charge in [0.2, 0.25) is 0 Å². The summed E-state index contributed by atoms with van der Waals surface area (Å²) in [6.07, 6.45) is 10.00. The van der Waals surface area contributed by atoms with E-state index in [1.807, 2.05) is 0 Å². The molecule has 4 aliphatic heterocycles. The van der Waals surface area contributed by atoms with Crippen molar-refractivity contribution in [2.45, 2.75) is 122 Å². The minimum absolute atomic E-state index is 0. The van der Waals surface area contributed by atoms with Crippen molar-refractivity contribution in [2.24, 2.45) is 0 Å². The molecular formula is C91H85BI44N4. The first-order valence-corrected chi connectivity index (χ1v) is 311. The average molecular weight is 6830 g/mol. The van der Waals surface area contributed by atoms with Crippen molar-refractivity contribution in [3.8, 4) is 44.5 Å². The van der Waals surface area contributed by atoms with E-state index in [4.69, 9.17) is 0 Å². The Bertz CT molecular complexity index is 6150. The Labute approximate surface area is 1130 Å². The Balaban J connectivity index is 0.000000159. The van der Waals surface area contributed by atoms with Gasteiger partial charge in [0.05, 0.1) is 11.1 Å². The number of anilines is 10. The monoisotopic (exact) mass is 6830 g/mol. The summed E-state index contributed by atoms with van der Waals surface area (Å²) >= 11 is 74.5. The molecule has 0 amide bonds. The zero-order chi connectivity index (χ0) is 99.3. The van der Waals surface area contributed by atoms with Gasteiger partial charge in [0.25, 0.3) is 6.71 Å². The number of fused-ring (bicyclic) bond motifs is 10. The maximum absolute atomic E-state index is 3.36. The van der Waals surface area contributed by atoms with Crippen LogP contribution in [0.4, 0.5) is 56.9 Å². The maximum atomic E-state index is 3.36. The van der Waals surface area contributed by atoms with Gasteiger partial charge in [-0.3, -0.25) is 0 Å². The van der Waals surface area contributed by atoms with Crippen molar-refractivity contribution in [1.29, 1.82) is 0 Å². The molecule has 6 aliphatic rings. The van der Waals surface area contributed by atoms with E-state index in [0.29, 0.717) is 0 Å². The summed E-state index contributed by atoms with van der Waals surface area (Å²) in [6, 6.07) is 106. The molecule has 2 aliphatic carbocycles. The first-order valence-electron chi connectivity index (χ1n) is 40.9. The molecule has 0 radical (unpaired) electrons. The number of benzene rings is 12. The molecule has 0 saturated heterocycles. The van der Waals surface area contributed by atoms with Crippen molar-refractivity contribution in [3.63, 3.8) is 0 Å². The first kappa shape index (κ1) is 136. The van der Waals surface area contributed by atoms with Gasteiger partial charge >= 0.3 is 594 Å². The van der Waals surface area contributed by atoms with Crippen LogP contribution >= 0.6 is 594 Å². The fourth-order valence-corrected chi connectivity index (χ4v) is 7980. The first-order chi connectivity index (χ1) is 66.3. The molecule has 2 saturated carbocycles. The van der Waals surface area contributed by atoms with Crippen molar-refractivity contribution < 1.29 is 0 Å². The van der Waals surface area contributed by atoms with Crippen LogP contribution in [-0.4, -0.2) is 17.8 Å². The zero-order valence-corrected chi connectivity index (χ0v) is 167. The van der Waals surface area contributed by atoms with Crippen LogP contribution in [0.5, 0.6) is 0 Å². The van der Waals surface area contributed by atoms with Gasteiger partial charge in [-0.2, -0.15) is 0 Å². The number of nitrogens with zero attached hydrogens (tertiary/aromatic N) is 4. The van der Waals surface area contributed by atoms with Crippen LogP contribution in [0.15, 0.2) is 285 Å². The quantitative estimate of drug-likeness (QED) is 0.0342. The third-order valence-corrected chi connectivity index (χ3v) is 3330. The summed E-state index contributed by atoms with van der Waals surface area (Å²) in [6.45, 7) is 14.9. The molecule has 12 aromatic rings. The summed E-state index contributed by atoms with van der Waals surface area (Å²) in [5.74, 6) is 0. The van der Waals surface area contributed by atoms with Crippen LogP contribution in [0.1, 0.15) is 109 Å². The van der Waals surface area contributed by atoms with E-state index in [9.17, 15) is 0 Å². The van der Waals surface area contributed by atoms with E-state index in [1.165, 1.54) is 174 Å². The fraction of sp³-hybridized carbons (Fsp3) is 0.209.